The Morgan fingerprint density at radius 1 is 1.48 bits per heavy atom. The molecule has 3 N–H and O–H groups in total. The molecule has 2 heterocycles. The largest absolute Gasteiger partial charge is 0.351 e. The number of hydrogen-bond acceptors (Lipinski definition) is 4. The van der Waals surface area contributed by atoms with Crippen LogP contribution in [0.5, 0.6) is 0 Å². The zero-order chi connectivity index (χ0) is 17.2. The number of urea groups is 1. The number of piperidine rings is 1. The maximum Gasteiger partial charge on any atom is 0.314 e. The second-order valence-corrected chi connectivity index (χ2v) is 8.06. The number of carbonyl (C=O) groups excluding carboxylic acids is 2. The second kappa shape index (κ2) is 6.86. The third-order valence-electron chi connectivity index (χ3n) is 4.12. The van der Waals surface area contributed by atoms with Crippen LogP contribution in [0.1, 0.15) is 57.3 Å². The van der Waals surface area contributed by atoms with E-state index in [0.717, 1.165) is 23.5 Å². The summed E-state index contributed by atoms with van der Waals surface area (Å²) in [5.41, 5.74) is 6.35. The van der Waals surface area contributed by atoms with Crippen molar-refractivity contribution in [1.29, 1.82) is 0 Å². The number of rotatable bonds is 3. The summed E-state index contributed by atoms with van der Waals surface area (Å²) in [6, 6.07) is -0.585. The fourth-order valence-corrected chi connectivity index (χ4v) is 3.67. The lowest BCUT2D eigenvalue weighted by Gasteiger charge is -2.31. The van der Waals surface area contributed by atoms with E-state index in [1.807, 2.05) is 12.3 Å². The van der Waals surface area contributed by atoms with Crippen molar-refractivity contribution in [3.05, 3.63) is 16.1 Å². The van der Waals surface area contributed by atoms with Crippen molar-refractivity contribution >= 4 is 23.3 Å². The number of likely N-dealkylation sites (tertiary alicyclic amines) is 1. The molecule has 1 aromatic heterocycles. The van der Waals surface area contributed by atoms with Gasteiger partial charge in [-0.25, -0.2) is 9.78 Å². The minimum absolute atomic E-state index is 0.00381. The maximum atomic E-state index is 12.4. The summed E-state index contributed by atoms with van der Waals surface area (Å²) in [5.74, 6) is -0.225. The normalized spacial score (nSPS) is 20.2. The number of amides is 3. The lowest BCUT2D eigenvalue weighted by molar-refractivity contribution is -0.126. The van der Waals surface area contributed by atoms with Gasteiger partial charge in [0.2, 0.25) is 5.91 Å². The quantitative estimate of drug-likeness (QED) is 0.887. The lowest BCUT2D eigenvalue weighted by atomic mass is 9.93. The highest BCUT2D eigenvalue weighted by Crippen LogP contribution is 2.27. The zero-order valence-electron chi connectivity index (χ0n) is 14.3. The Kier molecular flexibility index (Phi) is 5.29. The van der Waals surface area contributed by atoms with Crippen molar-refractivity contribution in [1.82, 2.24) is 15.2 Å². The summed E-state index contributed by atoms with van der Waals surface area (Å²) < 4.78 is 0. The van der Waals surface area contributed by atoms with Crippen LogP contribution < -0.4 is 11.1 Å². The molecule has 1 fully saturated rings. The van der Waals surface area contributed by atoms with Crippen molar-refractivity contribution in [2.75, 3.05) is 13.1 Å². The van der Waals surface area contributed by atoms with E-state index in [9.17, 15) is 9.59 Å². The molecule has 1 aromatic rings. The molecule has 128 valence electrons. The third kappa shape index (κ3) is 4.43. The first-order valence-electron chi connectivity index (χ1n) is 7.99. The van der Waals surface area contributed by atoms with Gasteiger partial charge in [-0.05, 0) is 19.8 Å². The van der Waals surface area contributed by atoms with Crippen molar-refractivity contribution < 1.29 is 9.59 Å². The topological polar surface area (TPSA) is 88.3 Å². The van der Waals surface area contributed by atoms with Gasteiger partial charge in [0.1, 0.15) is 5.01 Å². The summed E-state index contributed by atoms with van der Waals surface area (Å²) >= 11 is 1.57. The first-order valence-corrected chi connectivity index (χ1v) is 8.87. The molecular formula is C16H26N4O2S. The van der Waals surface area contributed by atoms with Crippen LogP contribution in [0.2, 0.25) is 0 Å². The van der Waals surface area contributed by atoms with E-state index >= 15 is 0 Å². The Balaban J connectivity index is 1.96. The highest BCUT2D eigenvalue weighted by atomic mass is 32.1. The van der Waals surface area contributed by atoms with Gasteiger partial charge in [0.25, 0.3) is 0 Å². The molecule has 7 heteroatoms. The van der Waals surface area contributed by atoms with Crippen LogP contribution in [0.4, 0.5) is 4.79 Å². The SMILES string of the molecule is C[C@@H](NC(=O)[C@@H]1CCCN(C(N)=O)C1)c1nc(C(C)(C)C)cs1. The average molecular weight is 338 g/mol. The van der Waals surface area contributed by atoms with Crippen LogP contribution in [-0.2, 0) is 10.2 Å². The first-order chi connectivity index (χ1) is 10.7. The molecule has 0 spiro atoms. The molecule has 1 aliphatic heterocycles. The molecule has 6 nitrogen and oxygen atoms in total. The number of nitrogens with one attached hydrogen (secondary N) is 1. The van der Waals surface area contributed by atoms with Crippen molar-refractivity contribution in [2.24, 2.45) is 11.7 Å². The average Bonchev–Trinajstić information content (AvgIpc) is 2.97. The van der Waals surface area contributed by atoms with Gasteiger partial charge in [0, 0.05) is 23.9 Å². The summed E-state index contributed by atoms with van der Waals surface area (Å²) in [4.78, 5) is 29.9. The highest BCUT2D eigenvalue weighted by Gasteiger charge is 2.29. The number of primary amides is 1. The van der Waals surface area contributed by atoms with Crippen LogP contribution in [-0.4, -0.2) is 34.9 Å². The summed E-state index contributed by atoms with van der Waals surface area (Å²) in [6.45, 7) is 9.34. The number of nitrogens with zero attached hydrogens (tertiary/aromatic N) is 2. The Morgan fingerprint density at radius 2 is 2.17 bits per heavy atom. The molecule has 0 radical (unpaired) electrons. The van der Waals surface area contributed by atoms with Crippen LogP contribution in [0.15, 0.2) is 5.38 Å². The van der Waals surface area contributed by atoms with Gasteiger partial charge in [-0.15, -0.1) is 11.3 Å². The van der Waals surface area contributed by atoms with Gasteiger partial charge in [-0.3, -0.25) is 4.79 Å². The zero-order valence-corrected chi connectivity index (χ0v) is 15.1. The fraction of sp³-hybridized carbons (Fsp3) is 0.688. The van der Waals surface area contributed by atoms with E-state index in [4.69, 9.17) is 5.73 Å². The Morgan fingerprint density at radius 3 is 2.74 bits per heavy atom. The number of nitrogens with two attached hydrogens (primary N) is 1. The molecule has 23 heavy (non-hydrogen) atoms. The van der Waals surface area contributed by atoms with Gasteiger partial charge in [-0.1, -0.05) is 20.8 Å². The number of carbonyl (C=O) groups is 2. The van der Waals surface area contributed by atoms with E-state index in [1.54, 1.807) is 16.2 Å². The molecule has 0 unspecified atom stereocenters. The highest BCUT2D eigenvalue weighted by molar-refractivity contribution is 7.09. The van der Waals surface area contributed by atoms with Crippen LogP contribution in [0, 0.1) is 5.92 Å². The van der Waals surface area contributed by atoms with E-state index in [2.05, 4.69) is 31.1 Å². The maximum absolute atomic E-state index is 12.4. The summed E-state index contributed by atoms with van der Waals surface area (Å²) in [6.07, 6.45) is 1.59. The molecule has 0 aromatic carbocycles. The third-order valence-corrected chi connectivity index (χ3v) is 5.15. The Bertz CT molecular complexity index is 579. The first kappa shape index (κ1) is 17.7. The molecule has 1 saturated heterocycles. The van der Waals surface area contributed by atoms with Gasteiger partial charge in [0.15, 0.2) is 0 Å². The molecule has 0 bridgehead atoms. The van der Waals surface area contributed by atoms with Gasteiger partial charge in [0.05, 0.1) is 17.7 Å². The standard InChI is InChI=1S/C16H26N4O2S/c1-10(14-19-12(9-23-14)16(2,3)4)18-13(21)11-6-5-7-20(8-11)15(17)22/h9-11H,5-8H2,1-4H3,(H2,17,22)(H,18,21)/t10-,11-/m1/s1. The molecule has 2 atom stereocenters. The Hall–Kier alpha value is -1.63. The number of aromatic nitrogens is 1. The van der Waals surface area contributed by atoms with E-state index in [-0.39, 0.29) is 23.3 Å². The minimum atomic E-state index is -0.453. The van der Waals surface area contributed by atoms with E-state index in [0.29, 0.717) is 13.1 Å². The van der Waals surface area contributed by atoms with Crippen LogP contribution in [0.3, 0.4) is 0 Å². The molecule has 0 saturated carbocycles. The monoisotopic (exact) mass is 338 g/mol. The molecule has 3 amide bonds. The van der Waals surface area contributed by atoms with Crippen molar-refractivity contribution in [3.63, 3.8) is 0 Å². The number of hydrogen-bond donors (Lipinski definition) is 2. The summed E-state index contributed by atoms with van der Waals surface area (Å²) in [7, 11) is 0. The predicted molar refractivity (Wildman–Crippen MR) is 91.3 cm³/mol. The van der Waals surface area contributed by atoms with E-state index in [1.165, 1.54) is 0 Å². The summed E-state index contributed by atoms with van der Waals surface area (Å²) in [5, 5.41) is 5.98. The molecule has 0 aliphatic carbocycles. The molecule has 1 aliphatic rings. The lowest BCUT2D eigenvalue weighted by Crippen LogP contribution is -2.47. The van der Waals surface area contributed by atoms with E-state index < -0.39 is 6.03 Å². The minimum Gasteiger partial charge on any atom is -0.351 e. The fourth-order valence-electron chi connectivity index (χ4n) is 2.62. The Labute approximate surface area is 141 Å². The van der Waals surface area contributed by atoms with Crippen molar-refractivity contribution in [3.8, 4) is 0 Å². The molecule has 2 rings (SSSR count). The van der Waals surface area contributed by atoms with Crippen molar-refractivity contribution in [2.45, 2.75) is 52.0 Å². The second-order valence-electron chi connectivity index (χ2n) is 7.17. The van der Waals surface area contributed by atoms with Gasteiger partial charge in [-0.2, -0.15) is 0 Å². The number of thiazole rings is 1. The smallest absolute Gasteiger partial charge is 0.314 e. The molecular weight excluding hydrogens is 312 g/mol. The van der Waals surface area contributed by atoms with Crippen LogP contribution in [0.25, 0.3) is 0 Å². The predicted octanol–water partition coefficient (Wildman–Crippen LogP) is 2.41. The van der Waals surface area contributed by atoms with Gasteiger partial charge >= 0.3 is 6.03 Å². The van der Waals surface area contributed by atoms with Crippen LogP contribution >= 0.6 is 11.3 Å². The van der Waals surface area contributed by atoms with Gasteiger partial charge < -0.3 is 16.0 Å².